The highest BCUT2D eigenvalue weighted by Gasteiger charge is 2.44. The molecule has 0 atom stereocenters. The summed E-state index contributed by atoms with van der Waals surface area (Å²) < 4.78 is 29.2. The van der Waals surface area contributed by atoms with Crippen LogP contribution in [-0.4, -0.2) is 174 Å². The molecule has 1 aliphatic carbocycles. The fourth-order valence-electron chi connectivity index (χ4n) is 11.0. The van der Waals surface area contributed by atoms with Gasteiger partial charge >= 0.3 is 0 Å². The summed E-state index contributed by atoms with van der Waals surface area (Å²) in [6.07, 6.45) is 14.2. The van der Waals surface area contributed by atoms with Gasteiger partial charge in [0.25, 0.3) is 0 Å². The third kappa shape index (κ3) is 11.7. The molecule has 2 aromatic rings. The number of nitrogens with zero attached hydrogens (tertiary/aromatic N) is 5. The molecule has 6 heterocycles. The smallest absolute Gasteiger partial charge is 0.233 e. The van der Waals surface area contributed by atoms with Gasteiger partial charge in [-0.05, 0) is 126 Å². The summed E-state index contributed by atoms with van der Waals surface area (Å²) >= 11 is 0. The van der Waals surface area contributed by atoms with Crippen LogP contribution in [0.25, 0.3) is 0 Å². The van der Waals surface area contributed by atoms with Crippen LogP contribution in [0.1, 0.15) is 95.1 Å². The van der Waals surface area contributed by atoms with Gasteiger partial charge in [0.1, 0.15) is 17.6 Å². The van der Waals surface area contributed by atoms with Gasteiger partial charge in [0, 0.05) is 103 Å². The van der Waals surface area contributed by atoms with Crippen LogP contribution in [0.2, 0.25) is 0 Å². The van der Waals surface area contributed by atoms with Gasteiger partial charge in [-0.1, -0.05) is 37.6 Å². The van der Waals surface area contributed by atoms with Crippen LogP contribution in [0.3, 0.4) is 0 Å². The van der Waals surface area contributed by atoms with Crippen molar-refractivity contribution in [1.29, 1.82) is 0 Å². The Morgan fingerprint density at radius 3 is 1.84 bits per heavy atom. The molecule has 0 aromatic heterocycles. The van der Waals surface area contributed by atoms with Gasteiger partial charge in [-0.3, -0.25) is 9.69 Å². The van der Waals surface area contributed by atoms with E-state index >= 15 is 0 Å². The minimum Gasteiger partial charge on any atom is -0.494 e. The van der Waals surface area contributed by atoms with Crippen LogP contribution in [0.4, 0.5) is 0 Å². The van der Waals surface area contributed by atoms with E-state index in [1.54, 1.807) is 0 Å². The Morgan fingerprint density at radius 1 is 0.623 bits per heavy atom. The van der Waals surface area contributed by atoms with Crippen molar-refractivity contribution in [3.63, 3.8) is 0 Å². The Morgan fingerprint density at radius 2 is 1.21 bits per heavy atom. The van der Waals surface area contributed by atoms with Gasteiger partial charge in [-0.25, -0.2) is 0 Å². The number of ether oxygens (including phenoxy) is 5. The molecule has 11 nitrogen and oxygen atoms in total. The fourth-order valence-corrected chi connectivity index (χ4v) is 11.0. The first-order valence-corrected chi connectivity index (χ1v) is 24.5. The number of hydrogen-bond donors (Lipinski definition) is 0. The predicted octanol–water partition coefficient (Wildman–Crippen LogP) is 6.23. The number of carbonyl (C=O) groups is 1. The molecule has 61 heavy (non-hydrogen) atoms. The molecule has 0 spiro atoms. The first-order chi connectivity index (χ1) is 30.0. The molecule has 7 aliphatic rings. The lowest BCUT2D eigenvalue weighted by Crippen LogP contribution is -2.53. The van der Waals surface area contributed by atoms with Crippen molar-refractivity contribution in [3.8, 4) is 11.5 Å². The van der Waals surface area contributed by atoms with Gasteiger partial charge in [0.2, 0.25) is 5.91 Å². The molecule has 6 saturated heterocycles. The summed E-state index contributed by atoms with van der Waals surface area (Å²) in [5.41, 5.74) is 2.30. The predicted molar refractivity (Wildman–Crippen MR) is 241 cm³/mol. The number of piperidine rings is 1. The maximum Gasteiger partial charge on any atom is 0.233 e. The zero-order chi connectivity index (χ0) is 41.7. The molecule has 0 radical (unpaired) electrons. The maximum absolute atomic E-state index is 13.6. The summed E-state index contributed by atoms with van der Waals surface area (Å²) in [5.74, 6) is 2.17. The summed E-state index contributed by atoms with van der Waals surface area (Å²) in [7, 11) is 0. The average Bonchev–Trinajstić information content (AvgIpc) is 3.83. The molecule has 1 saturated carbocycles. The maximum atomic E-state index is 13.6. The molecule has 6 aliphatic heterocycles. The number of piperazine rings is 1. The number of hydrogen-bond acceptors (Lipinski definition) is 10. The van der Waals surface area contributed by atoms with Crippen molar-refractivity contribution in [2.24, 2.45) is 0 Å². The number of carbonyl (C=O) groups excluding carboxylic acids is 1. The van der Waals surface area contributed by atoms with Gasteiger partial charge in [0.15, 0.2) is 0 Å². The average molecular weight is 844 g/mol. The lowest BCUT2D eigenvalue weighted by molar-refractivity contribution is -0.145. The van der Waals surface area contributed by atoms with Crippen molar-refractivity contribution < 1.29 is 28.5 Å². The van der Waals surface area contributed by atoms with E-state index in [2.05, 4.69) is 75.1 Å². The Kier molecular flexibility index (Phi) is 16.3. The van der Waals surface area contributed by atoms with Crippen LogP contribution >= 0.6 is 0 Å². The van der Waals surface area contributed by atoms with Crippen LogP contribution in [0, 0.1) is 0 Å². The zero-order valence-electron chi connectivity index (χ0n) is 37.6. The number of benzene rings is 2. The molecule has 0 bridgehead atoms. The molecule has 2 aromatic carbocycles. The van der Waals surface area contributed by atoms with E-state index in [-0.39, 0.29) is 11.3 Å². The second-order valence-electron chi connectivity index (χ2n) is 18.9. The van der Waals surface area contributed by atoms with Crippen molar-refractivity contribution in [2.45, 2.75) is 107 Å². The van der Waals surface area contributed by atoms with Gasteiger partial charge in [-0.15, -0.1) is 0 Å². The molecule has 11 heteroatoms. The summed E-state index contributed by atoms with van der Waals surface area (Å²) in [4.78, 5) is 26.0. The molecule has 1 amide bonds. The minimum atomic E-state index is -0.484. The normalized spacial score (nSPS) is 24.7. The Bertz CT molecular complexity index is 1580. The zero-order valence-corrected chi connectivity index (χ0v) is 37.6. The number of rotatable bonds is 14. The molecular formula is C50H77N5O6. The van der Waals surface area contributed by atoms with Crippen molar-refractivity contribution in [2.75, 3.05) is 131 Å². The molecule has 338 valence electrons. The first kappa shape index (κ1) is 44.8. The first-order valence-electron chi connectivity index (χ1n) is 24.5. The van der Waals surface area contributed by atoms with E-state index in [1.807, 2.05) is 4.90 Å². The molecule has 7 fully saturated rings. The van der Waals surface area contributed by atoms with Crippen LogP contribution in [0.15, 0.2) is 48.5 Å². The van der Waals surface area contributed by atoms with Gasteiger partial charge < -0.3 is 43.3 Å². The van der Waals surface area contributed by atoms with E-state index in [0.29, 0.717) is 45.6 Å². The lowest BCUT2D eigenvalue weighted by atomic mass is 9.73. The number of morpholine rings is 1. The second-order valence-corrected chi connectivity index (χ2v) is 18.9. The van der Waals surface area contributed by atoms with Gasteiger partial charge in [0.05, 0.1) is 25.2 Å². The number of likely N-dealkylation sites (N-methyl/N-ethyl adjacent to an activating group) is 1. The number of likely N-dealkylation sites (tertiary alicyclic amines) is 2. The van der Waals surface area contributed by atoms with E-state index in [0.717, 1.165) is 108 Å². The molecule has 0 N–H and O–H groups in total. The standard InChI is InChI=1S/C25H41N3O2.C25H36N2O4/c1-2-26-15-17-28(18-16-26)22-25(10-20-29-21-11-25)23-6-8-24(9-7-23)30-19-5-14-27-12-3-4-13-27;28-24(27-14-18-30-19-15-27)25(10-16-29-17-11-25)20-4-6-22(7-5-20)31-23-8-12-26(13-9-23)21-2-1-3-21/h6-9H,2-5,10-22H2,1H3;4-7,21,23H,1-3,8-19H2. The number of amides is 1. The van der Waals surface area contributed by atoms with E-state index in [9.17, 15) is 4.79 Å². The van der Waals surface area contributed by atoms with Gasteiger partial charge in [-0.2, -0.15) is 0 Å². The SMILES string of the molecule is CCN1CCN(CC2(c3ccc(OCCCN4CCCC4)cc3)CCOCC2)CC1.O=C(N1CCOCC1)C1(c2ccc(OC3CCN(C4CCC4)CC3)cc2)CCOCC1. The minimum absolute atomic E-state index is 0.223. The highest BCUT2D eigenvalue weighted by molar-refractivity contribution is 5.88. The fraction of sp³-hybridized carbons (Fsp3) is 0.740. The monoisotopic (exact) mass is 844 g/mol. The highest BCUT2D eigenvalue weighted by atomic mass is 16.5. The Labute approximate surface area is 367 Å². The third-order valence-electron chi connectivity index (χ3n) is 15.3. The molecule has 0 unspecified atom stereocenters. The van der Waals surface area contributed by atoms with E-state index in [4.69, 9.17) is 23.7 Å². The summed E-state index contributed by atoms with van der Waals surface area (Å²) in [5, 5.41) is 0. The second kappa shape index (κ2) is 22.2. The Balaban J connectivity index is 0.000000169. The summed E-state index contributed by atoms with van der Waals surface area (Å²) in [6.45, 7) is 21.9. The van der Waals surface area contributed by atoms with Crippen LogP contribution in [0.5, 0.6) is 11.5 Å². The van der Waals surface area contributed by atoms with Crippen LogP contribution < -0.4 is 9.47 Å². The highest BCUT2D eigenvalue weighted by Crippen LogP contribution is 2.39. The third-order valence-corrected chi connectivity index (χ3v) is 15.3. The molecule has 9 rings (SSSR count). The Hall–Kier alpha value is -2.77. The topological polar surface area (TPSA) is 79.4 Å². The van der Waals surface area contributed by atoms with Crippen LogP contribution in [-0.2, 0) is 29.8 Å². The van der Waals surface area contributed by atoms with E-state index < -0.39 is 5.41 Å². The largest absolute Gasteiger partial charge is 0.494 e. The van der Waals surface area contributed by atoms with Crippen molar-refractivity contribution >= 4 is 5.91 Å². The quantitative estimate of drug-likeness (QED) is 0.205. The summed E-state index contributed by atoms with van der Waals surface area (Å²) in [6, 6.07) is 18.2. The van der Waals surface area contributed by atoms with E-state index in [1.165, 1.54) is 90.0 Å². The lowest BCUT2D eigenvalue weighted by Gasteiger charge is -2.44. The van der Waals surface area contributed by atoms with Crippen molar-refractivity contribution in [1.82, 2.24) is 24.5 Å². The molecular weight excluding hydrogens is 767 g/mol. The van der Waals surface area contributed by atoms with Crippen molar-refractivity contribution in [3.05, 3.63) is 59.7 Å².